The maximum absolute atomic E-state index is 13.2. The molecule has 0 saturated heterocycles. The van der Waals surface area contributed by atoms with Crippen LogP contribution in [0.4, 0.5) is 10.5 Å². The molecule has 3 aromatic carbocycles. The van der Waals surface area contributed by atoms with Crippen LogP contribution in [0.25, 0.3) is 22.0 Å². The van der Waals surface area contributed by atoms with E-state index in [1.165, 1.54) is 6.92 Å². The summed E-state index contributed by atoms with van der Waals surface area (Å²) in [7, 11) is 1.72. The van der Waals surface area contributed by atoms with Crippen LogP contribution in [0.5, 0.6) is 5.75 Å². The van der Waals surface area contributed by atoms with E-state index < -0.39 is 11.7 Å². The molecule has 0 unspecified atom stereocenters. The molecule has 6 heteroatoms. The molecule has 4 rings (SSSR count). The smallest absolute Gasteiger partial charge is 0.419 e. The molecule has 0 spiro atoms. The van der Waals surface area contributed by atoms with Crippen molar-refractivity contribution in [3.63, 3.8) is 0 Å². The van der Waals surface area contributed by atoms with Crippen molar-refractivity contribution in [2.24, 2.45) is 0 Å². The standard InChI is InChI=1S/C29H30N2O4/c1-20(32)30(5)24-13-15-26(16-14-24)34-19-25-17-23-12-11-22(21-9-7-6-8-10-21)18-27(23)31(25)28(33)35-29(2,3)4/h6-18H,19H2,1-5H3. The SMILES string of the molecule is CC(=O)N(C)c1ccc(OCc2cc3ccc(-c4ccccc4)cc3n2C(=O)OC(C)(C)C)cc1. The summed E-state index contributed by atoms with van der Waals surface area (Å²) in [6.45, 7) is 7.24. The van der Waals surface area contributed by atoms with Gasteiger partial charge >= 0.3 is 6.09 Å². The van der Waals surface area contributed by atoms with E-state index in [-0.39, 0.29) is 12.5 Å². The number of ether oxygens (including phenoxy) is 2. The van der Waals surface area contributed by atoms with E-state index in [1.807, 2.05) is 99.6 Å². The molecule has 0 aliphatic carbocycles. The quantitative estimate of drug-likeness (QED) is 0.327. The van der Waals surface area contributed by atoms with Crippen LogP contribution in [0.1, 0.15) is 33.4 Å². The predicted octanol–water partition coefficient (Wildman–Crippen LogP) is 6.65. The number of amides is 1. The van der Waals surface area contributed by atoms with Crippen LogP contribution in [-0.4, -0.2) is 29.2 Å². The van der Waals surface area contributed by atoms with Gasteiger partial charge in [-0.3, -0.25) is 4.79 Å². The molecule has 1 aromatic heterocycles. The fourth-order valence-electron chi connectivity index (χ4n) is 3.80. The minimum absolute atomic E-state index is 0.0459. The molecule has 0 saturated carbocycles. The van der Waals surface area contributed by atoms with Crippen molar-refractivity contribution in [3.05, 3.63) is 84.6 Å². The van der Waals surface area contributed by atoms with Crippen LogP contribution >= 0.6 is 0 Å². The summed E-state index contributed by atoms with van der Waals surface area (Å²) in [6, 6.07) is 25.3. The maximum Gasteiger partial charge on any atom is 0.419 e. The fourth-order valence-corrected chi connectivity index (χ4v) is 3.80. The number of fused-ring (bicyclic) bond motifs is 1. The normalized spacial score (nSPS) is 11.3. The Kier molecular flexibility index (Phi) is 6.65. The summed E-state index contributed by atoms with van der Waals surface area (Å²) in [5, 5.41) is 0.924. The molecule has 0 radical (unpaired) electrons. The first-order chi connectivity index (χ1) is 16.6. The van der Waals surface area contributed by atoms with E-state index in [0.717, 1.165) is 27.7 Å². The molecule has 1 heterocycles. The zero-order chi connectivity index (χ0) is 25.2. The molecule has 0 N–H and O–H groups in total. The van der Waals surface area contributed by atoms with Gasteiger partial charge in [0.05, 0.1) is 11.2 Å². The highest BCUT2D eigenvalue weighted by molar-refractivity contribution is 5.93. The average Bonchev–Trinajstić information content (AvgIpc) is 3.20. The Hall–Kier alpha value is -4.06. The Balaban J connectivity index is 1.67. The van der Waals surface area contributed by atoms with Gasteiger partial charge in [0.2, 0.25) is 5.91 Å². The second-order valence-electron chi connectivity index (χ2n) is 9.45. The molecular formula is C29H30N2O4. The van der Waals surface area contributed by atoms with Gasteiger partial charge in [-0.2, -0.15) is 0 Å². The molecule has 35 heavy (non-hydrogen) atoms. The topological polar surface area (TPSA) is 60.8 Å². The number of hydrogen-bond donors (Lipinski definition) is 0. The summed E-state index contributed by atoms with van der Waals surface area (Å²) in [5.74, 6) is 0.590. The summed E-state index contributed by atoms with van der Waals surface area (Å²) in [4.78, 5) is 26.4. The van der Waals surface area contributed by atoms with Gasteiger partial charge in [-0.25, -0.2) is 9.36 Å². The first-order valence-corrected chi connectivity index (χ1v) is 11.5. The second-order valence-corrected chi connectivity index (χ2v) is 9.45. The highest BCUT2D eigenvalue weighted by Gasteiger charge is 2.23. The molecular weight excluding hydrogens is 440 g/mol. The fraction of sp³-hybridized carbons (Fsp3) is 0.241. The lowest BCUT2D eigenvalue weighted by Crippen LogP contribution is -2.28. The van der Waals surface area contributed by atoms with E-state index in [9.17, 15) is 9.59 Å². The summed E-state index contributed by atoms with van der Waals surface area (Å²) in [5.41, 5.74) is 3.67. The van der Waals surface area contributed by atoms with Crippen LogP contribution in [-0.2, 0) is 16.1 Å². The monoisotopic (exact) mass is 470 g/mol. The number of hydrogen-bond acceptors (Lipinski definition) is 4. The van der Waals surface area contributed by atoms with Crippen LogP contribution in [0.2, 0.25) is 0 Å². The third kappa shape index (κ3) is 5.54. The Bertz CT molecular complexity index is 1350. The van der Waals surface area contributed by atoms with Gasteiger partial charge in [0, 0.05) is 25.0 Å². The van der Waals surface area contributed by atoms with E-state index in [1.54, 1.807) is 16.5 Å². The molecule has 4 aromatic rings. The number of aromatic nitrogens is 1. The Labute approximate surface area is 205 Å². The zero-order valence-electron chi connectivity index (χ0n) is 20.7. The van der Waals surface area contributed by atoms with Gasteiger partial charge in [-0.1, -0.05) is 42.5 Å². The zero-order valence-corrected chi connectivity index (χ0v) is 20.7. The minimum Gasteiger partial charge on any atom is -0.487 e. The number of anilines is 1. The minimum atomic E-state index is -0.637. The number of rotatable bonds is 5. The Morgan fingerprint density at radius 1 is 0.886 bits per heavy atom. The summed E-state index contributed by atoms with van der Waals surface area (Å²) in [6.07, 6.45) is -0.449. The third-order valence-electron chi connectivity index (χ3n) is 5.65. The van der Waals surface area contributed by atoms with Crippen LogP contribution in [0.15, 0.2) is 78.9 Å². The van der Waals surface area contributed by atoms with Crippen molar-refractivity contribution in [3.8, 4) is 16.9 Å². The van der Waals surface area contributed by atoms with Gasteiger partial charge in [-0.05, 0) is 68.3 Å². The van der Waals surface area contributed by atoms with E-state index in [4.69, 9.17) is 9.47 Å². The first kappa shape index (κ1) is 24.1. The number of carbonyl (C=O) groups is 2. The van der Waals surface area contributed by atoms with Crippen LogP contribution in [0, 0.1) is 0 Å². The Morgan fingerprint density at radius 3 is 2.20 bits per heavy atom. The molecule has 180 valence electrons. The molecule has 1 amide bonds. The average molecular weight is 471 g/mol. The molecule has 0 bridgehead atoms. The van der Waals surface area contributed by atoms with Crippen molar-refractivity contribution in [2.75, 3.05) is 11.9 Å². The highest BCUT2D eigenvalue weighted by atomic mass is 16.6. The van der Waals surface area contributed by atoms with Crippen molar-refractivity contribution >= 4 is 28.6 Å². The lowest BCUT2D eigenvalue weighted by atomic mass is 10.0. The van der Waals surface area contributed by atoms with Crippen LogP contribution in [0.3, 0.4) is 0 Å². The predicted molar refractivity (Wildman–Crippen MR) is 139 cm³/mol. The van der Waals surface area contributed by atoms with Gasteiger partial charge < -0.3 is 14.4 Å². The number of benzene rings is 3. The lowest BCUT2D eigenvalue weighted by molar-refractivity contribution is -0.116. The van der Waals surface area contributed by atoms with Gasteiger partial charge in [0.1, 0.15) is 18.0 Å². The maximum atomic E-state index is 13.2. The molecule has 0 fully saturated rings. The molecule has 0 aliphatic rings. The van der Waals surface area contributed by atoms with E-state index >= 15 is 0 Å². The van der Waals surface area contributed by atoms with Crippen molar-refractivity contribution in [1.82, 2.24) is 4.57 Å². The second kappa shape index (κ2) is 9.66. The summed E-state index contributed by atoms with van der Waals surface area (Å²) < 4.78 is 13.3. The van der Waals surface area contributed by atoms with E-state index in [0.29, 0.717) is 11.4 Å². The van der Waals surface area contributed by atoms with Crippen molar-refractivity contribution in [1.29, 1.82) is 0 Å². The van der Waals surface area contributed by atoms with E-state index in [2.05, 4.69) is 0 Å². The highest BCUT2D eigenvalue weighted by Crippen LogP contribution is 2.29. The summed E-state index contributed by atoms with van der Waals surface area (Å²) >= 11 is 0. The largest absolute Gasteiger partial charge is 0.487 e. The number of carbonyl (C=O) groups excluding carboxylic acids is 2. The first-order valence-electron chi connectivity index (χ1n) is 11.5. The Morgan fingerprint density at radius 2 is 1.57 bits per heavy atom. The van der Waals surface area contributed by atoms with Gasteiger partial charge in [-0.15, -0.1) is 0 Å². The van der Waals surface area contributed by atoms with Crippen molar-refractivity contribution in [2.45, 2.75) is 39.9 Å². The van der Waals surface area contributed by atoms with Gasteiger partial charge in [0.15, 0.2) is 0 Å². The third-order valence-corrected chi connectivity index (χ3v) is 5.65. The molecule has 0 aliphatic heterocycles. The lowest BCUT2D eigenvalue weighted by Gasteiger charge is -2.21. The molecule has 0 atom stereocenters. The van der Waals surface area contributed by atoms with Crippen LogP contribution < -0.4 is 9.64 Å². The van der Waals surface area contributed by atoms with Crippen molar-refractivity contribution < 1.29 is 19.1 Å². The molecule has 6 nitrogen and oxygen atoms in total. The number of nitrogens with zero attached hydrogens (tertiary/aromatic N) is 2. The van der Waals surface area contributed by atoms with Gasteiger partial charge in [0.25, 0.3) is 0 Å².